The molecule has 1 saturated carbocycles. The Labute approximate surface area is 90.7 Å². The standard InChI is InChI=1S/C12H17N3/c1-10-3-4-12(5-10,9-13)6-11-7-14-15(2)8-11/h7-8,10H,3-6H2,1-2H3. The van der Waals surface area contributed by atoms with Crippen LogP contribution in [0.5, 0.6) is 0 Å². The third kappa shape index (κ3) is 2.04. The first-order valence-electron chi connectivity index (χ1n) is 5.52. The molecule has 1 aromatic heterocycles. The minimum atomic E-state index is -0.123. The van der Waals surface area contributed by atoms with E-state index < -0.39 is 0 Å². The van der Waals surface area contributed by atoms with Gasteiger partial charge in [-0.25, -0.2) is 0 Å². The van der Waals surface area contributed by atoms with Crippen LogP contribution in [0.25, 0.3) is 0 Å². The van der Waals surface area contributed by atoms with Crippen molar-refractivity contribution < 1.29 is 0 Å². The Morgan fingerprint density at radius 3 is 3.00 bits per heavy atom. The summed E-state index contributed by atoms with van der Waals surface area (Å²) in [6.45, 7) is 2.24. The van der Waals surface area contributed by atoms with Crippen molar-refractivity contribution in [2.75, 3.05) is 0 Å². The normalized spacial score (nSPS) is 30.3. The summed E-state index contributed by atoms with van der Waals surface area (Å²) in [5.41, 5.74) is 1.07. The van der Waals surface area contributed by atoms with E-state index in [-0.39, 0.29) is 5.41 Å². The van der Waals surface area contributed by atoms with Crippen LogP contribution in [0.4, 0.5) is 0 Å². The molecule has 0 aliphatic heterocycles. The van der Waals surface area contributed by atoms with E-state index in [1.165, 1.54) is 12.0 Å². The molecule has 3 nitrogen and oxygen atoms in total. The van der Waals surface area contributed by atoms with Gasteiger partial charge in [0.15, 0.2) is 0 Å². The molecule has 0 N–H and O–H groups in total. The molecule has 0 aromatic carbocycles. The summed E-state index contributed by atoms with van der Waals surface area (Å²) in [5, 5.41) is 13.5. The van der Waals surface area contributed by atoms with E-state index >= 15 is 0 Å². The molecule has 0 spiro atoms. The molecule has 2 rings (SSSR count). The highest BCUT2D eigenvalue weighted by atomic mass is 15.2. The Morgan fingerprint density at radius 2 is 2.53 bits per heavy atom. The van der Waals surface area contributed by atoms with Crippen molar-refractivity contribution in [2.45, 2.75) is 32.6 Å². The summed E-state index contributed by atoms with van der Waals surface area (Å²) in [5.74, 6) is 0.696. The van der Waals surface area contributed by atoms with Crippen LogP contribution in [0, 0.1) is 22.7 Å². The molecule has 1 aromatic rings. The van der Waals surface area contributed by atoms with Crippen LogP contribution in [-0.2, 0) is 13.5 Å². The van der Waals surface area contributed by atoms with E-state index in [9.17, 15) is 5.26 Å². The smallest absolute Gasteiger partial charge is 0.0693 e. The first kappa shape index (κ1) is 10.2. The average molecular weight is 203 g/mol. The number of nitriles is 1. The predicted octanol–water partition coefficient (Wildman–Crippen LogP) is 2.29. The minimum absolute atomic E-state index is 0.123. The van der Waals surface area contributed by atoms with Gasteiger partial charge in [-0.2, -0.15) is 10.4 Å². The van der Waals surface area contributed by atoms with Crippen molar-refractivity contribution in [3.63, 3.8) is 0 Å². The molecule has 0 radical (unpaired) electrons. The van der Waals surface area contributed by atoms with Gasteiger partial charge in [0.05, 0.1) is 17.7 Å². The molecule has 1 fully saturated rings. The van der Waals surface area contributed by atoms with E-state index in [1.807, 2.05) is 19.4 Å². The first-order chi connectivity index (χ1) is 7.13. The molecule has 1 heterocycles. The van der Waals surface area contributed by atoms with Crippen molar-refractivity contribution in [1.29, 1.82) is 5.26 Å². The maximum absolute atomic E-state index is 9.33. The maximum atomic E-state index is 9.33. The quantitative estimate of drug-likeness (QED) is 0.740. The predicted molar refractivity (Wildman–Crippen MR) is 58.0 cm³/mol. The van der Waals surface area contributed by atoms with E-state index in [0.717, 1.165) is 19.3 Å². The Morgan fingerprint density at radius 1 is 1.73 bits per heavy atom. The largest absolute Gasteiger partial charge is 0.276 e. The lowest BCUT2D eigenvalue weighted by Crippen LogP contribution is -2.17. The van der Waals surface area contributed by atoms with Gasteiger partial charge in [0.25, 0.3) is 0 Å². The molecule has 0 saturated heterocycles. The summed E-state index contributed by atoms with van der Waals surface area (Å²) < 4.78 is 1.80. The highest BCUT2D eigenvalue weighted by Gasteiger charge is 2.37. The SMILES string of the molecule is CC1CCC(C#N)(Cc2cnn(C)c2)C1. The van der Waals surface area contributed by atoms with Gasteiger partial charge in [-0.15, -0.1) is 0 Å². The zero-order valence-electron chi connectivity index (χ0n) is 9.40. The summed E-state index contributed by atoms with van der Waals surface area (Å²) in [6.07, 6.45) is 8.03. The van der Waals surface area contributed by atoms with Gasteiger partial charge in [-0.3, -0.25) is 4.68 Å². The summed E-state index contributed by atoms with van der Waals surface area (Å²) >= 11 is 0. The Hall–Kier alpha value is -1.30. The molecular formula is C12H17N3. The minimum Gasteiger partial charge on any atom is -0.276 e. The fourth-order valence-corrected chi connectivity index (χ4v) is 2.65. The van der Waals surface area contributed by atoms with E-state index in [0.29, 0.717) is 5.92 Å². The summed E-state index contributed by atoms with van der Waals surface area (Å²) in [7, 11) is 1.92. The number of rotatable bonds is 2. The number of aryl methyl sites for hydroxylation is 1. The molecular weight excluding hydrogens is 186 g/mol. The van der Waals surface area contributed by atoms with E-state index in [2.05, 4.69) is 18.1 Å². The van der Waals surface area contributed by atoms with Gasteiger partial charge in [0.2, 0.25) is 0 Å². The molecule has 0 bridgehead atoms. The fourth-order valence-electron chi connectivity index (χ4n) is 2.65. The van der Waals surface area contributed by atoms with Crippen molar-refractivity contribution >= 4 is 0 Å². The lowest BCUT2D eigenvalue weighted by atomic mass is 9.81. The average Bonchev–Trinajstić information content (AvgIpc) is 2.75. The molecule has 2 atom stereocenters. The van der Waals surface area contributed by atoms with Crippen molar-refractivity contribution in [3.8, 4) is 6.07 Å². The van der Waals surface area contributed by atoms with Crippen LogP contribution in [0.2, 0.25) is 0 Å². The molecule has 0 amide bonds. The van der Waals surface area contributed by atoms with Crippen molar-refractivity contribution in [2.24, 2.45) is 18.4 Å². The number of aromatic nitrogens is 2. The van der Waals surface area contributed by atoms with Gasteiger partial charge in [-0.05, 0) is 37.2 Å². The second-order valence-corrected chi connectivity index (χ2v) is 4.94. The summed E-state index contributed by atoms with van der Waals surface area (Å²) in [4.78, 5) is 0. The third-order valence-electron chi connectivity index (χ3n) is 3.39. The zero-order chi connectivity index (χ0) is 10.9. The van der Waals surface area contributed by atoms with Gasteiger partial charge in [0, 0.05) is 13.2 Å². The fraction of sp³-hybridized carbons (Fsp3) is 0.667. The van der Waals surface area contributed by atoms with Gasteiger partial charge in [-0.1, -0.05) is 6.92 Å². The Bertz CT molecular complexity index is 388. The zero-order valence-corrected chi connectivity index (χ0v) is 9.40. The van der Waals surface area contributed by atoms with Gasteiger partial charge >= 0.3 is 0 Å². The van der Waals surface area contributed by atoms with Crippen molar-refractivity contribution in [1.82, 2.24) is 9.78 Å². The van der Waals surface area contributed by atoms with Crippen molar-refractivity contribution in [3.05, 3.63) is 18.0 Å². The van der Waals surface area contributed by atoms with E-state index in [1.54, 1.807) is 4.68 Å². The van der Waals surface area contributed by atoms with Crippen LogP contribution in [0.15, 0.2) is 12.4 Å². The number of hydrogen-bond donors (Lipinski definition) is 0. The maximum Gasteiger partial charge on any atom is 0.0693 e. The van der Waals surface area contributed by atoms with Crippen LogP contribution >= 0.6 is 0 Å². The molecule has 3 heteroatoms. The second kappa shape index (κ2) is 3.69. The van der Waals surface area contributed by atoms with Crippen LogP contribution < -0.4 is 0 Å². The molecule has 2 unspecified atom stereocenters. The first-order valence-corrected chi connectivity index (χ1v) is 5.52. The van der Waals surface area contributed by atoms with Gasteiger partial charge < -0.3 is 0 Å². The monoisotopic (exact) mass is 203 g/mol. The Balaban J connectivity index is 2.13. The number of nitrogens with zero attached hydrogens (tertiary/aromatic N) is 3. The molecule has 15 heavy (non-hydrogen) atoms. The van der Waals surface area contributed by atoms with Gasteiger partial charge in [0.1, 0.15) is 0 Å². The van der Waals surface area contributed by atoms with Crippen LogP contribution in [-0.4, -0.2) is 9.78 Å². The molecule has 1 aliphatic rings. The summed E-state index contributed by atoms with van der Waals surface area (Å²) in [6, 6.07) is 2.53. The highest BCUT2D eigenvalue weighted by molar-refractivity contribution is 5.15. The van der Waals surface area contributed by atoms with E-state index in [4.69, 9.17) is 0 Å². The topological polar surface area (TPSA) is 41.6 Å². The Kier molecular flexibility index (Phi) is 2.52. The van der Waals surface area contributed by atoms with Crippen LogP contribution in [0.1, 0.15) is 31.7 Å². The number of hydrogen-bond acceptors (Lipinski definition) is 2. The second-order valence-electron chi connectivity index (χ2n) is 4.94. The lowest BCUT2D eigenvalue weighted by molar-refractivity contribution is 0.391. The molecule has 80 valence electrons. The van der Waals surface area contributed by atoms with Crippen LogP contribution in [0.3, 0.4) is 0 Å². The molecule has 1 aliphatic carbocycles. The lowest BCUT2D eigenvalue weighted by Gasteiger charge is -2.19. The third-order valence-corrected chi connectivity index (χ3v) is 3.39. The highest BCUT2D eigenvalue weighted by Crippen LogP contribution is 2.43.